The topological polar surface area (TPSA) is 295 Å². The fourth-order valence-electron chi connectivity index (χ4n) is 16.7. The van der Waals surface area contributed by atoms with Crippen LogP contribution >= 0.6 is 15.9 Å². The average molecular weight is 1670 g/mol. The molecule has 6 aliphatic carbocycles. The van der Waals surface area contributed by atoms with Crippen LogP contribution in [0.15, 0.2) is 206 Å². The molecule has 0 spiro atoms. The van der Waals surface area contributed by atoms with Gasteiger partial charge >= 0.3 is 0 Å². The molecule has 8 aromatic rings. The smallest absolute Gasteiger partial charge is 0.233 e. The number of aryl methyl sites for hydroxylation is 1. The zero-order chi connectivity index (χ0) is 85.5. The fourth-order valence-corrected chi connectivity index (χ4v) is 16.9. The first-order valence-electron chi connectivity index (χ1n) is 41.7. The lowest BCUT2D eigenvalue weighted by Gasteiger charge is -2.39. The van der Waals surface area contributed by atoms with E-state index in [1.165, 1.54) is 80.5 Å². The summed E-state index contributed by atoms with van der Waals surface area (Å²) < 4.78 is 21.5. The first-order valence-corrected chi connectivity index (χ1v) is 42.9. The Labute approximate surface area is 705 Å². The average Bonchev–Trinajstić information content (AvgIpc) is 1.57. The van der Waals surface area contributed by atoms with E-state index in [1.807, 2.05) is 117 Å². The van der Waals surface area contributed by atoms with Crippen LogP contribution in [0.4, 0.5) is 0 Å². The number of carbonyl (C=O) groups excluding carboxylic acids is 3. The lowest BCUT2D eigenvalue weighted by molar-refractivity contribution is -0.491. The van der Waals surface area contributed by atoms with E-state index >= 15 is 0 Å². The van der Waals surface area contributed by atoms with Gasteiger partial charge in [-0.1, -0.05) is 196 Å². The number of nitro groups is 1. The summed E-state index contributed by atoms with van der Waals surface area (Å²) in [5.41, 5.74) is 21.3. The Morgan fingerprint density at radius 2 is 1.05 bits per heavy atom. The predicted octanol–water partition coefficient (Wildman–Crippen LogP) is 20.6. The van der Waals surface area contributed by atoms with Gasteiger partial charge in [-0.15, -0.1) is 0 Å². The summed E-state index contributed by atoms with van der Waals surface area (Å²) in [7, 11) is 0. The normalized spacial score (nSPS) is 21.9. The first-order chi connectivity index (χ1) is 56.0. The molecule has 4 unspecified atom stereocenters. The largest absolute Gasteiger partial charge is 0.508 e. The number of hydrogen-bond donors (Lipinski definition) is 5. The number of aromatic hydroxyl groups is 1. The molecule has 3 aromatic heterocycles. The van der Waals surface area contributed by atoms with E-state index in [2.05, 4.69) is 130 Å². The van der Waals surface area contributed by atoms with Crippen LogP contribution in [0.1, 0.15) is 233 Å². The molecule has 634 valence electrons. The molecule has 20 heteroatoms. The van der Waals surface area contributed by atoms with Crippen LogP contribution in [-0.4, -0.2) is 104 Å². The van der Waals surface area contributed by atoms with Crippen molar-refractivity contribution in [2.75, 3.05) is 44.8 Å². The number of hydrogen-bond acceptors (Lipinski definition) is 18. The zero-order valence-corrected chi connectivity index (χ0v) is 73.0. The van der Waals surface area contributed by atoms with Crippen LogP contribution in [0, 0.1) is 66.3 Å². The molecule has 0 aliphatic heterocycles. The number of carbonyl (C=O) groups is 3. The highest BCUT2D eigenvalue weighted by Crippen LogP contribution is 2.69. The van der Waals surface area contributed by atoms with Gasteiger partial charge in [-0.05, 0) is 230 Å². The van der Waals surface area contributed by atoms with Gasteiger partial charge in [0, 0.05) is 81.7 Å². The summed E-state index contributed by atoms with van der Waals surface area (Å²) in [6, 6.07) is 55.7. The van der Waals surface area contributed by atoms with Crippen LogP contribution in [-0.2, 0) is 35.6 Å². The second-order valence-electron chi connectivity index (χ2n) is 33.3. The molecule has 0 radical (unpaired) electrons. The van der Waals surface area contributed by atoms with E-state index in [9.17, 15) is 34.7 Å². The van der Waals surface area contributed by atoms with Crippen LogP contribution in [0.25, 0.3) is 0 Å². The highest BCUT2D eigenvalue weighted by atomic mass is 79.9. The Balaban J connectivity index is 0.000000207. The Morgan fingerprint density at radius 3 is 1.45 bits per heavy atom. The van der Waals surface area contributed by atoms with Gasteiger partial charge in [-0.2, -0.15) is 0 Å². The summed E-state index contributed by atoms with van der Waals surface area (Å²) in [5.74, 6) is 6.22. The Bertz CT molecular complexity index is 4250. The minimum absolute atomic E-state index is 0.0255. The number of rotatable bonds is 26. The van der Waals surface area contributed by atoms with Crippen molar-refractivity contribution in [3.63, 3.8) is 0 Å². The second-order valence-corrected chi connectivity index (χ2v) is 34.1. The third-order valence-electron chi connectivity index (χ3n) is 25.3. The molecule has 9 atom stereocenters. The van der Waals surface area contributed by atoms with E-state index in [-0.39, 0.29) is 23.1 Å². The molecule has 14 rings (SSSR count). The van der Waals surface area contributed by atoms with E-state index in [4.69, 9.17) is 40.5 Å². The molecule has 6 saturated carbocycles. The lowest BCUT2D eigenvalue weighted by Crippen LogP contribution is -2.32. The summed E-state index contributed by atoms with van der Waals surface area (Å²) in [5, 5.41) is 39.0. The minimum atomic E-state index is -1.08. The van der Waals surface area contributed by atoms with Gasteiger partial charge in [0.2, 0.25) is 6.54 Å². The van der Waals surface area contributed by atoms with Gasteiger partial charge < -0.3 is 45.7 Å². The van der Waals surface area contributed by atoms with Crippen molar-refractivity contribution < 1.29 is 53.6 Å². The minimum Gasteiger partial charge on any atom is -0.508 e. The molecule has 6 aliphatic rings. The van der Waals surface area contributed by atoms with E-state index in [1.54, 1.807) is 54.7 Å². The van der Waals surface area contributed by atoms with Crippen LogP contribution in [0.3, 0.4) is 0 Å². The number of ether oxygens (including phenoxy) is 4. The number of nitrogens with two attached hydrogens (primary N) is 2. The zero-order valence-electron chi connectivity index (χ0n) is 71.4. The first kappa shape index (κ1) is 96.9. The molecule has 0 amide bonds. The van der Waals surface area contributed by atoms with Gasteiger partial charge in [0.05, 0.1) is 57.1 Å². The van der Waals surface area contributed by atoms with Crippen molar-refractivity contribution in [1.29, 1.82) is 0 Å². The Hall–Kier alpha value is -8.89. The molecule has 3 heterocycles. The molecule has 0 saturated heterocycles. The van der Waals surface area contributed by atoms with Crippen molar-refractivity contribution in [2.45, 2.75) is 205 Å². The third kappa shape index (κ3) is 28.7. The molecule has 6 fully saturated rings. The van der Waals surface area contributed by atoms with Crippen molar-refractivity contribution in [3.8, 4) is 23.0 Å². The number of fused-ring (bicyclic) bond motifs is 6. The van der Waals surface area contributed by atoms with Gasteiger partial charge in [0.1, 0.15) is 47.5 Å². The molecule has 5 aromatic carbocycles. The predicted molar refractivity (Wildman–Crippen MR) is 473 cm³/mol. The number of aliphatic hydroxyl groups excluding tert-OH is 2. The summed E-state index contributed by atoms with van der Waals surface area (Å²) in [4.78, 5) is 59.4. The van der Waals surface area contributed by atoms with Crippen molar-refractivity contribution in [2.24, 2.45) is 72.6 Å². The number of benzene rings is 5. The molecule has 7 N–H and O–H groups in total. The number of aromatic nitrogens is 3. The SMILES string of the molecule is BrCCOCc1ccccc1.CC1(C)C2CC[C@@]1(C)C(=NCc1ccccn1)C2.CC1(C)C2CC[C@@]1(C)C(=O)C2.CC1(C)C2CC[C@@]1(C)C(CCc1ccccn1)C2.CCCOc1cccc(C=O)c1.CCCOc1cccc([C@H](O)CN)c1.CCCOc1cccc([C@H](O)C[N+](=O)[O-])c1.NCc1ccccn1.O=Cc1cccc(O)c1. The standard InChI is InChI=1S/C17H25N.C16H22N2.C11H15NO4.C11H17NO2.C10H12O2.C10H16O.C9H11BrO.C7H6O2.C6H8N2/c1-16(2)13-9-10-17(16,3)14(12-13)7-8-15-6-4-5-11-18-15;1-15(2)12-7-8-16(15,3)14(10-12)18-11-13-6-4-5-9-17-13;1-2-6-16-10-5-3-4-9(7-10)11(13)8-12(14)15;1-2-6-14-10-5-3-4-9(7-10)11(13)8-12;1-2-6-12-10-5-3-4-9(7-10)8-11;1-9(2)7-4-5-10(9,3)8(11)6-7;10-6-7-11-8-9-4-2-1-3-5-9;8-5-6-2-1-3-7(9)4-6;7-5-6-3-1-2-4-8-6/h4-6,11,13-14H,7-10,12H2,1-3H3;4-6,9,12H,7-8,10-11H2,1-3H3;3-5,7,11,13H,2,6,8H2,1H3;3-5,7,11,13H,2,6,8,12H2,1H3;3-5,7-8H,2,6H2,1H3;7H,4-6H2,1-3H3;1-5H,6-8H2;1-5,9H;1-4H,5,7H2/t13?,14?,17-;12?,16-;2*11-;;7?,10-;;;/m0011.0.../s1. The van der Waals surface area contributed by atoms with Crippen molar-refractivity contribution in [3.05, 3.63) is 256 Å². The Kier molecular flexibility index (Phi) is 40.5. The van der Waals surface area contributed by atoms with Crippen molar-refractivity contribution in [1.82, 2.24) is 15.0 Å². The van der Waals surface area contributed by atoms with E-state index in [0.717, 1.165) is 109 Å². The number of aliphatic imine (C=N–C) groups is 1. The number of halogens is 1. The number of nitrogens with zero attached hydrogens (tertiary/aromatic N) is 5. The number of Topliss-reactive ketones (excluding diaryl/α,β-unsaturated/α-hetero) is 1. The van der Waals surface area contributed by atoms with E-state index < -0.39 is 23.7 Å². The van der Waals surface area contributed by atoms with Gasteiger partial charge in [0.25, 0.3) is 0 Å². The highest BCUT2D eigenvalue weighted by molar-refractivity contribution is 9.09. The number of phenolic OH excluding ortho intramolecular Hbond substituents is 1. The number of aliphatic hydroxyl groups is 2. The second kappa shape index (κ2) is 48.9. The molecular weight excluding hydrogens is 1540 g/mol. The number of ketones is 1. The molecule has 19 nitrogen and oxygen atoms in total. The molecule has 6 bridgehead atoms. The number of pyridine rings is 3. The van der Waals surface area contributed by atoms with Gasteiger partial charge in [0.15, 0.2) is 0 Å². The summed E-state index contributed by atoms with van der Waals surface area (Å²) in [6.07, 6.45) is 22.2. The number of alkyl halides is 1. The third-order valence-corrected chi connectivity index (χ3v) is 25.6. The van der Waals surface area contributed by atoms with Crippen molar-refractivity contribution >= 4 is 40.0 Å². The van der Waals surface area contributed by atoms with Crippen LogP contribution in [0.5, 0.6) is 23.0 Å². The lowest BCUT2D eigenvalue weighted by atomic mass is 9.65. The van der Waals surface area contributed by atoms with Crippen LogP contribution < -0.4 is 25.7 Å². The fraction of sp³-hybridized carbons (Fsp3) is 0.495. The molecular formula is C97H132BrN7O12. The Morgan fingerprint density at radius 1 is 0.564 bits per heavy atom. The molecule has 117 heavy (non-hydrogen) atoms. The monoisotopic (exact) mass is 1670 g/mol. The maximum atomic E-state index is 11.6. The van der Waals surface area contributed by atoms with E-state index in [0.29, 0.717) is 95.1 Å². The van der Waals surface area contributed by atoms with Crippen LogP contribution in [0.2, 0.25) is 0 Å². The quantitative estimate of drug-likeness (QED) is 0.0111. The number of phenols is 1. The summed E-state index contributed by atoms with van der Waals surface area (Å²) in [6.45, 7) is 32.1. The maximum absolute atomic E-state index is 11.6. The number of aldehydes is 2. The summed E-state index contributed by atoms with van der Waals surface area (Å²) >= 11 is 3.30. The maximum Gasteiger partial charge on any atom is 0.233 e. The van der Waals surface area contributed by atoms with Gasteiger partial charge in [-0.25, -0.2) is 0 Å². The van der Waals surface area contributed by atoms with Gasteiger partial charge in [-0.3, -0.25) is 44.4 Å². The highest BCUT2D eigenvalue weighted by Gasteiger charge is 2.62.